The normalized spacial score (nSPS) is 39.0. The third kappa shape index (κ3) is 3.33. The Morgan fingerprint density at radius 3 is 2.39 bits per heavy atom. The van der Waals surface area contributed by atoms with Gasteiger partial charge in [0, 0.05) is 13.1 Å². The van der Waals surface area contributed by atoms with Crippen LogP contribution < -0.4 is 5.73 Å². The molecule has 2 heterocycles. The number of halogens is 3. The van der Waals surface area contributed by atoms with E-state index in [1.54, 1.807) is 11.9 Å². The zero-order valence-corrected chi connectivity index (χ0v) is 10.4. The fraction of sp³-hybridized carbons (Fsp3) is 1.00. The van der Waals surface area contributed by atoms with Gasteiger partial charge in [0.15, 0.2) is 0 Å². The molecule has 0 aromatic heterocycles. The molecular formula is C10H18F3N3O2. The molecule has 2 N–H and O–H groups in total. The molecule has 4 atom stereocenters. The Hall–Kier alpha value is -0.410. The van der Waals surface area contributed by atoms with Crippen molar-refractivity contribution in [2.75, 3.05) is 33.8 Å². The molecule has 2 fully saturated rings. The standard InChI is InChI=1S/C10H18F3N3O2/c1-15-4-7(17-5-10(11,12)13)16(2)3-6(15)8-9(14)18-8/h6-9H,3-5,14H2,1-2H3. The van der Waals surface area contributed by atoms with Gasteiger partial charge in [0.25, 0.3) is 0 Å². The summed E-state index contributed by atoms with van der Waals surface area (Å²) < 4.78 is 46.4. The lowest BCUT2D eigenvalue weighted by Crippen LogP contribution is -2.59. The topological polar surface area (TPSA) is 54.3 Å². The molecule has 0 amide bonds. The number of alkyl halides is 3. The first-order valence-corrected chi connectivity index (χ1v) is 5.78. The minimum atomic E-state index is -4.29. The third-order valence-corrected chi connectivity index (χ3v) is 3.36. The lowest BCUT2D eigenvalue weighted by Gasteiger charge is -2.42. The fourth-order valence-electron chi connectivity index (χ4n) is 2.24. The summed E-state index contributed by atoms with van der Waals surface area (Å²) in [6, 6.07) is 0.107. The Morgan fingerprint density at radius 2 is 1.89 bits per heavy atom. The molecule has 2 aliphatic heterocycles. The van der Waals surface area contributed by atoms with Crippen molar-refractivity contribution in [2.24, 2.45) is 5.73 Å². The summed E-state index contributed by atoms with van der Waals surface area (Å²) in [6.45, 7) is -0.235. The number of hydrogen-bond acceptors (Lipinski definition) is 5. The van der Waals surface area contributed by atoms with Crippen LogP contribution in [0.15, 0.2) is 0 Å². The Morgan fingerprint density at radius 1 is 1.28 bits per heavy atom. The average molecular weight is 269 g/mol. The third-order valence-electron chi connectivity index (χ3n) is 3.36. The molecule has 5 nitrogen and oxygen atoms in total. The van der Waals surface area contributed by atoms with E-state index in [1.165, 1.54) is 0 Å². The van der Waals surface area contributed by atoms with Crippen molar-refractivity contribution in [1.29, 1.82) is 0 Å². The number of hydrogen-bond donors (Lipinski definition) is 1. The number of ether oxygens (including phenoxy) is 2. The fourth-order valence-corrected chi connectivity index (χ4v) is 2.24. The molecule has 106 valence electrons. The van der Waals surface area contributed by atoms with E-state index in [0.717, 1.165) is 0 Å². The van der Waals surface area contributed by atoms with Crippen molar-refractivity contribution >= 4 is 0 Å². The summed E-state index contributed by atoms with van der Waals surface area (Å²) in [4.78, 5) is 3.71. The molecule has 2 rings (SSSR count). The van der Waals surface area contributed by atoms with E-state index in [-0.39, 0.29) is 18.4 Å². The molecule has 0 aliphatic carbocycles. The van der Waals surface area contributed by atoms with Gasteiger partial charge in [0.1, 0.15) is 25.2 Å². The second-order valence-electron chi connectivity index (χ2n) is 4.89. The van der Waals surface area contributed by atoms with Gasteiger partial charge in [-0.25, -0.2) is 0 Å². The van der Waals surface area contributed by atoms with E-state index in [4.69, 9.17) is 15.2 Å². The van der Waals surface area contributed by atoms with Gasteiger partial charge in [0.2, 0.25) is 0 Å². The first-order chi connectivity index (χ1) is 8.28. The number of nitrogens with two attached hydrogens (primary N) is 1. The molecule has 0 saturated carbocycles. The molecule has 18 heavy (non-hydrogen) atoms. The maximum atomic E-state index is 12.1. The van der Waals surface area contributed by atoms with Crippen LogP contribution in [0.1, 0.15) is 0 Å². The van der Waals surface area contributed by atoms with Crippen LogP contribution in [-0.4, -0.2) is 74.4 Å². The predicted molar refractivity (Wildman–Crippen MR) is 57.7 cm³/mol. The molecule has 4 unspecified atom stereocenters. The maximum absolute atomic E-state index is 12.1. The van der Waals surface area contributed by atoms with Gasteiger partial charge in [0.05, 0.1) is 6.04 Å². The minimum Gasteiger partial charge on any atom is -0.352 e. The van der Waals surface area contributed by atoms with Crippen LogP contribution in [-0.2, 0) is 9.47 Å². The molecule has 0 spiro atoms. The van der Waals surface area contributed by atoms with Crippen LogP contribution in [0, 0.1) is 0 Å². The van der Waals surface area contributed by atoms with E-state index in [2.05, 4.69) is 0 Å². The minimum absolute atomic E-state index is 0.0268. The van der Waals surface area contributed by atoms with Crippen molar-refractivity contribution in [2.45, 2.75) is 30.8 Å². The van der Waals surface area contributed by atoms with Crippen LogP contribution in [0.3, 0.4) is 0 Å². The number of piperazine rings is 1. The van der Waals surface area contributed by atoms with Crippen LogP contribution in [0.25, 0.3) is 0 Å². The highest BCUT2D eigenvalue weighted by atomic mass is 19.4. The Labute approximate surface area is 104 Å². The summed E-state index contributed by atoms with van der Waals surface area (Å²) in [7, 11) is 3.59. The van der Waals surface area contributed by atoms with Crippen molar-refractivity contribution < 1.29 is 22.6 Å². The van der Waals surface area contributed by atoms with Gasteiger partial charge in [-0.2, -0.15) is 13.2 Å². The summed E-state index contributed by atoms with van der Waals surface area (Å²) in [5.74, 6) is 0. The Balaban J connectivity index is 1.85. The van der Waals surface area contributed by atoms with E-state index in [0.29, 0.717) is 13.1 Å². The van der Waals surface area contributed by atoms with Gasteiger partial charge in [-0.15, -0.1) is 0 Å². The van der Waals surface area contributed by atoms with Crippen molar-refractivity contribution in [3.8, 4) is 0 Å². The molecule has 0 radical (unpaired) electrons. The van der Waals surface area contributed by atoms with Gasteiger partial charge in [-0.05, 0) is 14.1 Å². The summed E-state index contributed by atoms with van der Waals surface area (Å²) >= 11 is 0. The van der Waals surface area contributed by atoms with Crippen LogP contribution in [0.5, 0.6) is 0 Å². The van der Waals surface area contributed by atoms with Gasteiger partial charge < -0.3 is 15.2 Å². The van der Waals surface area contributed by atoms with Crippen LogP contribution in [0.2, 0.25) is 0 Å². The molecule has 0 bridgehead atoms. The number of epoxide rings is 1. The van der Waals surface area contributed by atoms with E-state index >= 15 is 0 Å². The number of likely N-dealkylation sites (N-methyl/N-ethyl adjacent to an activating group) is 2. The first kappa shape index (κ1) is 14.0. The van der Waals surface area contributed by atoms with E-state index in [9.17, 15) is 13.2 Å². The average Bonchev–Trinajstić information content (AvgIpc) is 2.95. The number of nitrogens with zero attached hydrogens (tertiary/aromatic N) is 2. The second kappa shape index (κ2) is 4.93. The van der Waals surface area contributed by atoms with Crippen molar-refractivity contribution in [1.82, 2.24) is 9.80 Å². The lowest BCUT2D eigenvalue weighted by atomic mass is 10.1. The highest BCUT2D eigenvalue weighted by Crippen LogP contribution is 2.28. The van der Waals surface area contributed by atoms with Gasteiger partial charge in [-0.1, -0.05) is 0 Å². The SMILES string of the molecule is CN1CC(C2OC2N)N(C)CC1OCC(F)(F)F. The van der Waals surface area contributed by atoms with Crippen LogP contribution in [0.4, 0.5) is 13.2 Å². The van der Waals surface area contributed by atoms with E-state index in [1.807, 2.05) is 11.9 Å². The first-order valence-electron chi connectivity index (χ1n) is 5.78. The zero-order chi connectivity index (χ0) is 13.5. The molecule has 2 aliphatic rings. The summed E-state index contributed by atoms with van der Waals surface area (Å²) in [5, 5.41) is 0. The predicted octanol–water partition coefficient (Wildman–Crippen LogP) is -0.179. The van der Waals surface area contributed by atoms with Gasteiger partial charge >= 0.3 is 6.18 Å². The second-order valence-corrected chi connectivity index (χ2v) is 4.89. The van der Waals surface area contributed by atoms with Crippen molar-refractivity contribution in [3.05, 3.63) is 0 Å². The Bertz CT molecular complexity index is 303. The highest BCUT2D eigenvalue weighted by Gasteiger charge is 2.47. The van der Waals surface area contributed by atoms with Gasteiger partial charge in [-0.3, -0.25) is 9.80 Å². The molecule has 0 aromatic carbocycles. The smallest absolute Gasteiger partial charge is 0.352 e. The van der Waals surface area contributed by atoms with Crippen molar-refractivity contribution in [3.63, 3.8) is 0 Å². The monoisotopic (exact) mass is 269 g/mol. The molecule has 2 saturated heterocycles. The molecular weight excluding hydrogens is 251 g/mol. The molecule has 0 aromatic rings. The maximum Gasteiger partial charge on any atom is 0.411 e. The summed E-state index contributed by atoms with van der Waals surface area (Å²) in [6.07, 6.45) is -5.12. The Kier molecular flexibility index (Phi) is 3.84. The number of rotatable bonds is 3. The zero-order valence-electron chi connectivity index (χ0n) is 10.4. The van der Waals surface area contributed by atoms with Crippen LogP contribution >= 0.6 is 0 Å². The quantitative estimate of drug-likeness (QED) is 0.720. The molecule has 8 heteroatoms. The lowest BCUT2D eigenvalue weighted by molar-refractivity contribution is -0.211. The summed E-state index contributed by atoms with van der Waals surface area (Å²) in [5.41, 5.74) is 5.61. The largest absolute Gasteiger partial charge is 0.411 e. The van der Waals surface area contributed by atoms with E-state index < -0.39 is 19.0 Å². The highest BCUT2D eigenvalue weighted by molar-refractivity contribution is 4.96.